The van der Waals surface area contributed by atoms with Gasteiger partial charge in [0.25, 0.3) is 0 Å². The van der Waals surface area contributed by atoms with Crippen molar-refractivity contribution in [2.24, 2.45) is 28.7 Å². The van der Waals surface area contributed by atoms with Gasteiger partial charge in [-0.3, -0.25) is 4.79 Å². The molecule has 4 unspecified atom stereocenters. The normalized spacial score (nSPS) is 15.7. The number of aliphatic imine (C=N–C) groups is 1. The van der Waals surface area contributed by atoms with E-state index >= 15 is 0 Å². The number of rotatable bonds is 10. The van der Waals surface area contributed by atoms with E-state index in [0.29, 0.717) is 21.5 Å². The Balaban J connectivity index is 0.000000380. The quantitative estimate of drug-likeness (QED) is 0.154. The van der Waals surface area contributed by atoms with Crippen molar-refractivity contribution < 1.29 is 14.7 Å². The third-order valence-electron chi connectivity index (χ3n) is 7.01. The summed E-state index contributed by atoms with van der Waals surface area (Å²) >= 11 is 18.9. The molecule has 0 radical (unpaired) electrons. The van der Waals surface area contributed by atoms with E-state index in [0.717, 1.165) is 14.5 Å². The highest BCUT2D eigenvalue weighted by Crippen LogP contribution is 2.41. The number of benzene rings is 2. The van der Waals surface area contributed by atoms with Crippen LogP contribution in [0.25, 0.3) is 0 Å². The minimum atomic E-state index is -1.04. The molecule has 8 heteroatoms. The van der Waals surface area contributed by atoms with E-state index < -0.39 is 16.9 Å². The number of carboxylic acids is 1. The van der Waals surface area contributed by atoms with Crippen LogP contribution in [0.2, 0.25) is 10.0 Å². The Kier molecular flexibility index (Phi) is 13.2. The molecule has 1 N–H and O–H groups in total. The second kappa shape index (κ2) is 14.6. The van der Waals surface area contributed by atoms with Crippen LogP contribution in [0.5, 0.6) is 0 Å². The van der Waals surface area contributed by atoms with Crippen molar-refractivity contribution in [3.8, 4) is 0 Å². The first-order chi connectivity index (χ1) is 17.6. The third-order valence-corrected chi connectivity index (χ3v) is 9.47. The van der Waals surface area contributed by atoms with Gasteiger partial charge < -0.3 is 5.11 Å². The van der Waals surface area contributed by atoms with E-state index in [-0.39, 0.29) is 17.8 Å². The SMILES string of the molecule is C=CC(C(C)C)C(C)(C(=O)O)c1ccc(Br)c(Cl)c1.C=CC(C(C)C)C(C)(N=C=O)c1ccc(Br)c(Cl)c1. The first-order valence-electron chi connectivity index (χ1n) is 12.1. The van der Waals surface area contributed by atoms with E-state index in [4.69, 9.17) is 23.2 Å². The zero-order chi connectivity index (χ0) is 29.4. The molecule has 0 saturated heterocycles. The van der Waals surface area contributed by atoms with Crippen LogP contribution in [0.3, 0.4) is 0 Å². The average molecular weight is 688 g/mol. The molecule has 2 rings (SSSR count). The van der Waals surface area contributed by atoms with Gasteiger partial charge in [0.05, 0.1) is 15.5 Å². The monoisotopic (exact) mass is 685 g/mol. The number of carbonyl (C=O) groups excluding carboxylic acids is 1. The van der Waals surface area contributed by atoms with Crippen molar-refractivity contribution in [3.63, 3.8) is 0 Å². The first kappa shape index (κ1) is 34.3. The number of halogens is 4. The fourth-order valence-corrected chi connectivity index (χ4v) is 5.69. The van der Waals surface area contributed by atoms with Crippen molar-refractivity contribution in [2.75, 3.05) is 0 Å². The van der Waals surface area contributed by atoms with E-state index in [1.165, 1.54) is 0 Å². The van der Waals surface area contributed by atoms with Crippen LogP contribution >= 0.6 is 55.1 Å². The zero-order valence-corrected chi connectivity index (χ0v) is 27.2. The molecule has 0 bridgehead atoms. The number of hydrogen-bond acceptors (Lipinski definition) is 3. The second-order valence-corrected chi connectivity index (χ2v) is 12.6. The highest BCUT2D eigenvalue weighted by atomic mass is 79.9. The molecule has 0 aliphatic rings. The second-order valence-electron chi connectivity index (χ2n) is 10.1. The first-order valence-corrected chi connectivity index (χ1v) is 14.4. The van der Waals surface area contributed by atoms with Crippen LogP contribution in [0.15, 0.2) is 75.6 Å². The maximum absolute atomic E-state index is 11.8. The number of hydrogen-bond donors (Lipinski definition) is 1. The Morgan fingerprint density at radius 2 is 1.34 bits per heavy atom. The lowest BCUT2D eigenvalue weighted by Crippen LogP contribution is -2.41. The van der Waals surface area contributed by atoms with E-state index in [1.54, 1.807) is 37.3 Å². The molecule has 0 spiro atoms. The summed E-state index contributed by atoms with van der Waals surface area (Å²) in [5, 5.41) is 10.8. The predicted octanol–water partition coefficient (Wildman–Crippen LogP) is 10.0. The van der Waals surface area contributed by atoms with Crippen molar-refractivity contribution in [1.29, 1.82) is 0 Å². The highest BCUT2D eigenvalue weighted by molar-refractivity contribution is 9.10. The van der Waals surface area contributed by atoms with Gasteiger partial charge in [-0.25, -0.2) is 4.79 Å². The molecule has 2 aromatic carbocycles. The standard InChI is InChI=1S/C15H17BrClNO.C15H18BrClO2/c1-5-12(10(2)3)15(4,18-9-19)11-6-7-13(16)14(17)8-11;1-5-11(9(2)3)15(4,14(18)19)10-6-7-12(16)13(17)8-10/h5-8,10,12H,1H2,2-4H3;5-9,11H,1H2,2-4H3,(H,18,19). The van der Waals surface area contributed by atoms with Gasteiger partial charge in [0.2, 0.25) is 6.08 Å². The maximum atomic E-state index is 11.8. The maximum Gasteiger partial charge on any atom is 0.314 e. The molecule has 4 nitrogen and oxygen atoms in total. The van der Waals surface area contributed by atoms with Gasteiger partial charge in [-0.2, -0.15) is 4.99 Å². The van der Waals surface area contributed by atoms with Crippen molar-refractivity contribution in [1.82, 2.24) is 0 Å². The Hall–Kier alpha value is -1.69. The predicted molar refractivity (Wildman–Crippen MR) is 166 cm³/mol. The lowest BCUT2D eigenvalue weighted by molar-refractivity contribution is -0.145. The number of allylic oxidation sites excluding steroid dienone is 1. The fraction of sp³-hybridized carbons (Fsp3) is 0.400. The lowest BCUT2D eigenvalue weighted by Gasteiger charge is -2.35. The number of carboxylic acid groups (broad SMARTS) is 1. The Labute approximate surface area is 253 Å². The summed E-state index contributed by atoms with van der Waals surface area (Å²) in [6, 6.07) is 10.9. The van der Waals surface area contributed by atoms with Gasteiger partial charge in [-0.05, 0) is 98.9 Å². The zero-order valence-electron chi connectivity index (χ0n) is 22.6. The average Bonchev–Trinajstić information content (AvgIpc) is 2.83. The van der Waals surface area contributed by atoms with Crippen LogP contribution in [0.4, 0.5) is 0 Å². The molecule has 0 saturated carbocycles. The number of aliphatic carboxylic acids is 1. The summed E-state index contributed by atoms with van der Waals surface area (Å²) in [5.74, 6) is -0.569. The Bertz CT molecular complexity index is 1130. The summed E-state index contributed by atoms with van der Waals surface area (Å²) in [6.45, 7) is 19.4. The Morgan fingerprint density at radius 1 is 0.921 bits per heavy atom. The molecule has 38 heavy (non-hydrogen) atoms. The van der Waals surface area contributed by atoms with Crippen LogP contribution in [0, 0.1) is 23.7 Å². The minimum Gasteiger partial charge on any atom is -0.481 e. The van der Waals surface area contributed by atoms with Gasteiger partial charge in [-0.1, -0.05) is 75.2 Å². The van der Waals surface area contributed by atoms with Gasteiger partial charge >= 0.3 is 5.97 Å². The van der Waals surface area contributed by atoms with Crippen molar-refractivity contribution in [3.05, 3.63) is 91.8 Å². The fourth-order valence-electron chi connectivity index (χ4n) is 4.84. The molecular formula is C30H35Br2Cl2NO3. The van der Waals surface area contributed by atoms with Gasteiger partial charge in [0.1, 0.15) is 5.54 Å². The van der Waals surface area contributed by atoms with Crippen LogP contribution < -0.4 is 0 Å². The van der Waals surface area contributed by atoms with Crippen LogP contribution in [-0.4, -0.2) is 17.2 Å². The molecule has 0 heterocycles. The molecule has 2 aromatic rings. The molecule has 0 fully saturated rings. The topological polar surface area (TPSA) is 66.7 Å². The van der Waals surface area contributed by atoms with Crippen LogP contribution in [-0.2, 0) is 20.5 Å². The van der Waals surface area contributed by atoms with Gasteiger partial charge in [0.15, 0.2) is 0 Å². The number of isocyanates is 1. The van der Waals surface area contributed by atoms with Gasteiger partial charge in [-0.15, -0.1) is 13.2 Å². The van der Waals surface area contributed by atoms with Crippen molar-refractivity contribution >= 4 is 67.1 Å². The summed E-state index contributed by atoms with van der Waals surface area (Å²) < 4.78 is 1.57. The summed E-state index contributed by atoms with van der Waals surface area (Å²) in [7, 11) is 0. The molecule has 0 aliphatic carbocycles. The minimum absolute atomic E-state index is 0.0196. The van der Waals surface area contributed by atoms with Crippen LogP contribution in [0.1, 0.15) is 52.7 Å². The largest absolute Gasteiger partial charge is 0.481 e. The molecule has 0 amide bonds. The Morgan fingerprint density at radius 3 is 1.68 bits per heavy atom. The lowest BCUT2D eigenvalue weighted by atomic mass is 9.67. The molecule has 4 atom stereocenters. The number of nitrogens with zero attached hydrogens (tertiary/aromatic N) is 1. The summed E-state index contributed by atoms with van der Waals surface area (Å²) in [4.78, 5) is 26.7. The molecule has 0 aliphatic heterocycles. The molecule has 0 aromatic heterocycles. The summed E-state index contributed by atoms with van der Waals surface area (Å²) in [6.07, 6.45) is 5.23. The van der Waals surface area contributed by atoms with Gasteiger partial charge in [0, 0.05) is 14.9 Å². The highest BCUT2D eigenvalue weighted by Gasteiger charge is 2.43. The summed E-state index contributed by atoms with van der Waals surface area (Å²) in [5.41, 5.74) is -0.183. The molecular weight excluding hydrogens is 653 g/mol. The molecule has 206 valence electrons. The van der Waals surface area contributed by atoms with E-state index in [9.17, 15) is 14.7 Å². The smallest absolute Gasteiger partial charge is 0.314 e. The van der Waals surface area contributed by atoms with E-state index in [2.05, 4.69) is 63.9 Å². The van der Waals surface area contributed by atoms with Crippen molar-refractivity contribution in [2.45, 2.75) is 52.5 Å². The number of carbonyl (C=O) groups is 1. The third kappa shape index (κ3) is 7.70. The van der Waals surface area contributed by atoms with E-state index in [1.807, 2.05) is 45.0 Å².